The number of esters is 1. The van der Waals surface area contributed by atoms with Gasteiger partial charge in [-0.1, -0.05) is 0 Å². The molecule has 1 aromatic heterocycles. The number of anilines is 1. The topological polar surface area (TPSA) is 86.8 Å². The minimum atomic E-state index is -0.611. The summed E-state index contributed by atoms with van der Waals surface area (Å²) in [6.45, 7) is 0. The molecule has 1 aromatic carbocycles. The molecule has 2 aromatic rings. The molecule has 0 saturated heterocycles. The van der Waals surface area contributed by atoms with Crippen LogP contribution in [0.5, 0.6) is 11.5 Å². The summed E-state index contributed by atoms with van der Waals surface area (Å²) in [7, 11) is 4.16. The lowest BCUT2D eigenvalue weighted by Crippen LogP contribution is -2.16. The first-order valence-electron chi connectivity index (χ1n) is 6.77. The van der Waals surface area contributed by atoms with Gasteiger partial charge in [0, 0.05) is 18.3 Å². The fraction of sp³-hybridized carbons (Fsp3) is 0.188. The van der Waals surface area contributed by atoms with E-state index in [1.165, 1.54) is 39.7 Å². The minimum absolute atomic E-state index is 0.147. The van der Waals surface area contributed by atoms with Crippen LogP contribution in [-0.2, 0) is 4.74 Å². The summed E-state index contributed by atoms with van der Waals surface area (Å²) in [4.78, 5) is 28.3. The van der Waals surface area contributed by atoms with Gasteiger partial charge in [0.1, 0.15) is 4.60 Å². The van der Waals surface area contributed by atoms with Crippen LogP contribution >= 0.6 is 15.9 Å². The monoisotopic (exact) mass is 394 g/mol. The number of benzene rings is 1. The highest BCUT2D eigenvalue weighted by Crippen LogP contribution is 2.34. The molecule has 0 fully saturated rings. The maximum atomic E-state index is 12.4. The Morgan fingerprint density at radius 1 is 1.08 bits per heavy atom. The molecule has 0 unspecified atom stereocenters. The number of carbonyl (C=O) groups excluding carboxylic acids is 2. The van der Waals surface area contributed by atoms with Gasteiger partial charge in [0.2, 0.25) is 0 Å². The maximum absolute atomic E-state index is 12.4. The predicted molar refractivity (Wildman–Crippen MR) is 90.8 cm³/mol. The summed E-state index contributed by atoms with van der Waals surface area (Å²) in [5.41, 5.74) is 0.727. The number of methoxy groups -OCH3 is 3. The third kappa shape index (κ3) is 3.83. The number of carbonyl (C=O) groups is 2. The highest BCUT2D eigenvalue weighted by atomic mass is 79.9. The Kier molecular flexibility index (Phi) is 5.75. The molecule has 0 radical (unpaired) electrons. The van der Waals surface area contributed by atoms with Crippen molar-refractivity contribution in [3.8, 4) is 11.5 Å². The van der Waals surface area contributed by atoms with Gasteiger partial charge >= 0.3 is 5.97 Å². The van der Waals surface area contributed by atoms with Gasteiger partial charge in [-0.15, -0.1) is 0 Å². The minimum Gasteiger partial charge on any atom is -0.493 e. The molecule has 0 aliphatic rings. The molecule has 24 heavy (non-hydrogen) atoms. The van der Waals surface area contributed by atoms with Gasteiger partial charge in [-0.25, -0.2) is 9.78 Å². The smallest absolute Gasteiger partial charge is 0.340 e. The van der Waals surface area contributed by atoms with Crippen molar-refractivity contribution in [3.63, 3.8) is 0 Å². The third-order valence-corrected chi connectivity index (χ3v) is 3.64. The van der Waals surface area contributed by atoms with E-state index in [0.717, 1.165) is 0 Å². The second-order valence-corrected chi connectivity index (χ2v) is 5.38. The second kappa shape index (κ2) is 7.78. The largest absolute Gasteiger partial charge is 0.493 e. The molecule has 126 valence electrons. The lowest BCUT2D eigenvalue weighted by atomic mass is 10.1. The van der Waals surface area contributed by atoms with Gasteiger partial charge in [-0.2, -0.15) is 0 Å². The van der Waals surface area contributed by atoms with Gasteiger partial charge in [-0.05, 0) is 28.1 Å². The molecule has 0 aliphatic heterocycles. The van der Waals surface area contributed by atoms with Crippen molar-refractivity contribution in [2.45, 2.75) is 0 Å². The molecule has 2 rings (SSSR count). The molecule has 7 nitrogen and oxygen atoms in total. The molecule has 1 amide bonds. The number of ether oxygens (including phenoxy) is 3. The number of amides is 1. The van der Waals surface area contributed by atoms with Crippen LogP contribution < -0.4 is 14.8 Å². The maximum Gasteiger partial charge on any atom is 0.340 e. The number of pyridine rings is 1. The van der Waals surface area contributed by atoms with Crippen molar-refractivity contribution in [1.29, 1.82) is 0 Å². The fourth-order valence-corrected chi connectivity index (χ4v) is 2.20. The highest BCUT2D eigenvalue weighted by Gasteiger charge is 2.19. The van der Waals surface area contributed by atoms with Crippen LogP contribution in [0.2, 0.25) is 0 Å². The van der Waals surface area contributed by atoms with Gasteiger partial charge in [0.05, 0.1) is 38.1 Å². The Labute approximate surface area is 147 Å². The summed E-state index contributed by atoms with van der Waals surface area (Å²) in [6.07, 6.45) is 1.41. The first-order chi connectivity index (χ1) is 11.5. The van der Waals surface area contributed by atoms with E-state index in [1.54, 1.807) is 12.1 Å². The zero-order valence-electron chi connectivity index (χ0n) is 13.3. The van der Waals surface area contributed by atoms with Gasteiger partial charge in [0.25, 0.3) is 5.91 Å². The highest BCUT2D eigenvalue weighted by molar-refractivity contribution is 9.10. The molecule has 1 heterocycles. The lowest BCUT2D eigenvalue weighted by Gasteiger charge is -2.14. The molecule has 1 N–H and O–H groups in total. The van der Waals surface area contributed by atoms with E-state index >= 15 is 0 Å². The van der Waals surface area contributed by atoms with Crippen LogP contribution in [0.3, 0.4) is 0 Å². The summed E-state index contributed by atoms with van der Waals surface area (Å²) >= 11 is 3.20. The van der Waals surface area contributed by atoms with E-state index in [4.69, 9.17) is 14.2 Å². The van der Waals surface area contributed by atoms with Gasteiger partial charge in [-0.3, -0.25) is 4.79 Å². The number of hydrogen-bond acceptors (Lipinski definition) is 6. The van der Waals surface area contributed by atoms with E-state index < -0.39 is 11.9 Å². The molecule has 0 atom stereocenters. The van der Waals surface area contributed by atoms with E-state index in [-0.39, 0.29) is 11.3 Å². The van der Waals surface area contributed by atoms with Crippen molar-refractivity contribution in [3.05, 3.63) is 46.2 Å². The Balaban J connectivity index is 2.41. The molecule has 0 aliphatic carbocycles. The molecular weight excluding hydrogens is 380 g/mol. The predicted octanol–water partition coefficient (Wildman–Crippen LogP) is 2.90. The second-order valence-electron chi connectivity index (χ2n) is 4.57. The molecular formula is C16H15BrN2O5. The molecule has 0 saturated carbocycles. The zero-order valence-corrected chi connectivity index (χ0v) is 14.8. The van der Waals surface area contributed by atoms with Crippen LogP contribution in [0.4, 0.5) is 5.69 Å². The Morgan fingerprint density at radius 3 is 2.29 bits per heavy atom. The fourth-order valence-electron chi connectivity index (χ4n) is 1.97. The van der Waals surface area contributed by atoms with Crippen LogP contribution in [0.25, 0.3) is 0 Å². The average Bonchev–Trinajstić information content (AvgIpc) is 2.61. The van der Waals surface area contributed by atoms with Crippen molar-refractivity contribution in [2.24, 2.45) is 0 Å². The molecule has 8 heteroatoms. The standard InChI is InChI=1S/C16H15BrN2O5/c1-22-12-6-10(16(21)24-3)11(7-13(12)23-2)19-15(20)9-4-5-14(17)18-8-9/h4-8H,1-3H3,(H,19,20). The van der Waals surface area contributed by atoms with E-state index in [1.807, 2.05) is 0 Å². The summed E-state index contributed by atoms with van der Waals surface area (Å²) in [6, 6.07) is 6.19. The van der Waals surface area contributed by atoms with Crippen molar-refractivity contribution < 1.29 is 23.8 Å². The van der Waals surface area contributed by atoms with Crippen molar-refractivity contribution in [2.75, 3.05) is 26.6 Å². The Hall–Kier alpha value is -2.61. The van der Waals surface area contributed by atoms with Crippen molar-refractivity contribution in [1.82, 2.24) is 4.98 Å². The zero-order chi connectivity index (χ0) is 17.7. The summed E-state index contributed by atoms with van der Waals surface area (Å²) in [5.74, 6) is -0.317. The number of aromatic nitrogens is 1. The SMILES string of the molecule is COC(=O)c1cc(OC)c(OC)cc1NC(=O)c1ccc(Br)nc1. The van der Waals surface area contributed by atoms with Crippen LogP contribution in [-0.4, -0.2) is 38.2 Å². The summed E-state index contributed by atoms with van der Waals surface area (Å²) in [5, 5.41) is 2.66. The first-order valence-corrected chi connectivity index (χ1v) is 7.56. The van der Waals surface area contributed by atoms with E-state index in [2.05, 4.69) is 26.2 Å². The van der Waals surface area contributed by atoms with Crippen LogP contribution in [0.15, 0.2) is 35.1 Å². The lowest BCUT2D eigenvalue weighted by molar-refractivity contribution is 0.0601. The van der Waals surface area contributed by atoms with E-state index in [9.17, 15) is 9.59 Å². The Bertz CT molecular complexity index is 762. The summed E-state index contributed by atoms with van der Waals surface area (Å²) < 4.78 is 15.7. The van der Waals surface area contributed by atoms with Gasteiger partial charge in [0.15, 0.2) is 11.5 Å². The molecule has 0 bridgehead atoms. The number of hydrogen-bond donors (Lipinski definition) is 1. The van der Waals surface area contributed by atoms with Crippen LogP contribution in [0.1, 0.15) is 20.7 Å². The quantitative estimate of drug-likeness (QED) is 0.619. The van der Waals surface area contributed by atoms with Crippen LogP contribution in [0, 0.1) is 0 Å². The number of nitrogens with one attached hydrogen (secondary N) is 1. The number of rotatable bonds is 5. The number of halogens is 1. The first kappa shape index (κ1) is 17.7. The normalized spacial score (nSPS) is 10.0. The molecule has 0 spiro atoms. The third-order valence-electron chi connectivity index (χ3n) is 3.17. The van der Waals surface area contributed by atoms with Crippen molar-refractivity contribution >= 4 is 33.5 Å². The number of nitrogens with zero attached hydrogens (tertiary/aromatic N) is 1. The Morgan fingerprint density at radius 2 is 1.75 bits per heavy atom. The van der Waals surface area contributed by atoms with E-state index in [0.29, 0.717) is 21.7 Å². The van der Waals surface area contributed by atoms with Gasteiger partial charge < -0.3 is 19.5 Å². The average molecular weight is 395 g/mol.